The molecule has 0 aromatic heterocycles. The van der Waals surface area contributed by atoms with E-state index in [1.165, 1.54) is 13.8 Å². The summed E-state index contributed by atoms with van der Waals surface area (Å²) in [5.41, 5.74) is 0.620. The number of hydrogen-bond acceptors (Lipinski definition) is 0. The molecular formula is C10H10F2. The third kappa shape index (κ3) is 1.04. The Morgan fingerprint density at radius 2 is 1.08 bits per heavy atom. The predicted octanol–water partition coefficient (Wildman–Crippen LogP) is 1.40. The van der Waals surface area contributed by atoms with Gasteiger partial charge in [0, 0.05) is 10.4 Å². The summed E-state index contributed by atoms with van der Waals surface area (Å²) in [4.78, 5) is 0. The van der Waals surface area contributed by atoms with Crippen LogP contribution in [-0.4, -0.2) is 0 Å². The quantitative estimate of drug-likeness (QED) is 0.549. The molecule has 64 valence electrons. The topological polar surface area (TPSA) is 0 Å². The van der Waals surface area contributed by atoms with Gasteiger partial charge in [0.2, 0.25) is 0 Å². The molecule has 0 bridgehead atoms. The first-order valence-corrected chi connectivity index (χ1v) is 3.59. The lowest BCUT2D eigenvalue weighted by atomic mass is 10.1. The van der Waals surface area contributed by atoms with Gasteiger partial charge in [-0.2, -0.15) is 0 Å². The standard InChI is InChI=1S/C10H10F2/c1-5-6(2)10(12)8(4)7(3)9(5)11/h1-2H2,3-4H3. The molecular weight excluding hydrogens is 158 g/mol. The van der Waals surface area contributed by atoms with Crippen LogP contribution in [0.25, 0.3) is 13.2 Å². The zero-order valence-corrected chi connectivity index (χ0v) is 7.17. The van der Waals surface area contributed by atoms with Crippen molar-refractivity contribution in [3.63, 3.8) is 0 Å². The van der Waals surface area contributed by atoms with Crippen molar-refractivity contribution in [1.82, 2.24) is 0 Å². The number of benzene rings is 1. The summed E-state index contributed by atoms with van der Waals surface area (Å²) >= 11 is 0. The van der Waals surface area contributed by atoms with Crippen molar-refractivity contribution in [2.75, 3.05) is 0 Å². The first kappa shape index (κ1) is 8.91. The van der Waals surface area contributed by atoms with Crippen molar-refractivity contribution < 1.29 is 8.78 Å². The molecule has 0 unspecified atom stereocenters. The van der Waals surface area contributed by atoms with Crippen LogP contribution in [0.2, 0.25) is 0 Å². The van der Waals surface area contributed by atoms with Crippen LogP contribution in [0.3, 0.4) is 0 Å². The summed E-state index contributed by atoms with van der Waals surface area (Å²) in [7, 11) is 0. The van der Waals surface area contributed by atoms with E-state index in [0.29, 0.717) is 11.1 Å². The highest BCUT2D eigenvalue weighted by molar-refractivity contribution is 5.32. The summed E-state index contributed by atoms with van der Waals surface area (Å²) < 4.78 is 26.3. The highest BCUT2D eigenvalue weighted by atomic mass is 19.1. The molecule has 0 spiro atoms. The Bertz CT molecular complexity index is 378. The monoisotopic (exact) mass is 168 g/mol. The van der Waals surface area contributed by atoms with Gasteiger partial charge in [0.1, 0.15) is 11.6 Å². The highest BCUT2D eigenvalue weighted by Crippen LogP contribution is 2.07. The zero-order chi connectivity index (χ0) is 9.46. The van der Waals surface area contributed by atoms with Gasteiger partial charge in [-0.25, -0.2) is 8.78 Å². The Hall–Kier alpha value is -1.18. The molecule has 0 fully saturated rings. The molecule has 12 heavy (non-hydrogen) atoms. The molecule has 1 aromatic rings. The SMILES string of the molecule is C=c1c(F)c(C)c(C)c(F)c1=C. The molecule has 0 N–H and O–H groups in total. The van der Waals surface area contributed by atoms with Gasteiger partial charge in [0.25, 0.3) is 0 Å². The number of halogens is 2. The Morgan fingerprint density at radius 1 is 0.833 bits per heavy atom. The third-order valence-electron chi connectivity index (χ3n) is 2.12. The van der Waals surface area contributed by atoms with E-state index >= 15 is 0 Å². The number of rotatable bonds is 0. The van der Waals surface area contributed by atoms with E-state index in [9.17, 15) is 8.78 Å². The lowest BCUT2D eigenvalue weighted by Gasteiger charge is -2.03. The van der Waals surface area contributed by atoms with Gasteiger partial charge in [-0.3, -0.25) is 0 Å². The molecule has 1 rings (SSSR count). The summed E-state index contributed by atoms with van der Waals surface area (Å²) in [5, 5.41) is 0.103. The second-order valence-corrected chi connectivity index (χ2v) is 2.84. The summed E-state index contributed by atoms with van der Waals surface area (Å²) in [6, 6.07) is 0. The molecule has 0 saturated heterocycles. The van der Waals surface area contributed by atoms with E-state index in [1.54, 1.807) is 0 Å². The van der Waals surface area contributed by atoms with Gasteiger partial charge >= 0.3 is 0 Å². The highest BCUT2D eigenvalue weighted by Gasteiger charge is 2.08. The minimum absolute atomic E-state index is 0.0515. The maximum Gasteiger partial charge on any atom is 0.133 e. The fourth-order valence-corrected chi connectivity index (χ4v) is 1.05. The van der Waals surface area contributed by atoms with E-state index in [-0.39, 0.29) is 10.4 Å². The van der Waals surface area contributed by atoms with Crippen molar-refractivity contribution in [2.45, 2.75) is 13.8 Å². The summed E-state index contributed by atoms with van der Waals surface area (Å²) in [6.07, 6.45) is 0. The van der Waals surface area contributed by atoms with Crippen LogP contribution in [0.5, 0.6) is 0 Å². The minimum Gasteiger partial charge on any atom is -0.206 e. The predicted molar refractivity (Wildman–Crippen MR) is 46.1 cm³/mol. The maximum atomic E-state index is 13.2. The van der Waals surface area contributed by atoms with E-state index < -0.39 is 11.6 Å². The van der Waals surface area contributed by atoms with E-state index in [1.807, 2.05) is 0 Å². The molecule has 0 heterocycles. The Labute approximate surface area is 69.8 Å². The van der Waals surface area contributed by atoms with Crippen molar-refractivity contribution in [3.05, 3.63) is 33.2 Å². The van der Waals surface area contributed by atoms with Crippen LogP contribution in [0.4, 0.5) is 8.78 Å². The van der Waals surface area contributed by atoms with Crippen LogP contribution in [0, 0.1) is 25.5 Å². The molecule has 1 aromatic carbocycles. The van der Waals surface area contributed by atoms with Crippen molar-refractivity contribution in [3.8, 4) is 0 Å². The van der Waals surface area contributed by atoms with Crippen LogP contribution in [0.1, 0.15) is 11.1 Å². The maximum absolute atomic E-state index is 13.2. The fraction of sp³-hybridized carbons (Fsp3) is 0.200. The average Bonchev–Trinajstić information content (AvgIpc) is 2.08. The second kappa shape index (κ2) is 2.70. The van der Waals surface area contributed by atoms with Crippen LogP contribution in [-0.2, 0) is 0 Å². The molecule has 0 aliphatic heterocycles. The van der Waals surface area contributed by atoms with Gasteiger partial charge in [0.15, 0.2) is 0 Å². The third-order valence-corrected chi connectivity index (χ3v) is 2.12. The molecule has 0 atom stereocenters. The Balaban J connectivity index is 3.86. The average molecular weight is 168 g/mol. The molecule has 0 aliphatic carbocycles. The lowest BCUT2D eigenvalue weighted by Crippen LogP contribution is -2.31. The molecule has 0 saturated carbocycles. The minimum atomic E-state index is -0.459. The van der Waals surface area contributed by atoms with Crippen LogP contribution in [0.15, 0.2) is 0 Å². The van der Waals surface area contributed by atoms with Gasteiger partial charge in [-0.15, -0.1) is 0 Å². The first-order chi connectivity index (χ1) is 5.46. The smallest absolute Gasteiger partial charge is 0.133 e. The van der Waals surface area contributed by atoms with Gasteiger partial charge in [0.05, 0.1) is 0 Å². The largest absolute Gasteiger partial charge is 0.206 e. The number of hydrogen-bond donors (Lipinski definition) is 0. The molecule has 2 heteroatoms. The summed E-state index contributed by atoms with van der Waals surface area (Å²) in [5.74, 6) is -0.919. The molecule has 0 aliphatic rings. The van der Waals surface area contributed by atoms with Crippen molar-refractivity contribution in [1.29, 1.82) is 0 Å². The van der Waals surface area contributed by atoms with Crippen molar-refractivity contribution >= 4 is 13.2 Å². The second-order valence-electron chi connectivity index (χ2n) is 2.84. The normalized spacial score (nSPS) is 10.3. The van der Waals surface area contributed by atoms with Gasteiger partial charge < -0.3 is 0 Å². The van der Waals surface area contributed by atoms with E-state index in [4.69, 9.17) is 0 Å². The molecule has 0 nitrogen and oxygen atoms in total. The van der Waals surface area contributed by atoms with Gasteiger partial charge in [-0.05, 0) is 25.0 Å². The first-order valence-electron chi connectivity index (χ1n) is 3.59. The van der Waals surface area contributed by atoms with Crippen molar-refractivity contribution in [2.24, 2.45) is 0 Å². The van der Waals surface area contributed by atoms with E-state index in [0.717, 1.165) is 0 Å². The Kier molecular flexibility index (Phi) is 2.01. The van der Waals surface area contributed by atoms with Crippen LogP contribution >= 0.6 is 0 Å². The molecule has 0 amide bonds. The summed E-state index contributed by atoms with van der Waals surface area (Å²) in [6.45, 7) is 9.87. The zero-order valence-electron chi connectivity index (χ0n) is 7.17. The Morgan fingerprint density at radius 3 is 1.33 bits per heavy atom. The fourth-order valence-electron chi connectivity index (χ4n) is 1.05. The van der Waals surface area contributed by atoms with Gasteiger partial charge in [-0.1, -0.05) is 13.2 Å². The molecule has 0 radical (unpaired) electrons. The van der Waals surface area contributed by atoms with E-state index in [2.05, 4.69) is 13.2 Å². The lowest BCUT2D eigenvalue weighted by molar-refractivity contribution is 0.570. The van der Waals surface area contributed by atoms with Crippen LogP contribution < -0.4 is 10.4 Å².